The predicted octanol–water partition coefficient (Wildman–Crippen LogP) is 4.00. The van der Waals surface area contributed by atoms with E-state index < -0.39 is 0 Å². The normalized spacial score (nSPS) is 13.0. The Balaban J connectivity index is 1.61. The van der Waals surface area contributed by atoms with E-state index in [1.165, 1.54) is 5.56 Å². The molecule has 0 unspecified atom stereocenters. The van der Waals surface area contributed by atoms with E-state index in [0.717, 1.165) is 16.6 Å². The van der Waals surface area contributed by atoms with Crippen LogP contribution in [0.3, 0.4) is 0 Å². The summed E-state index contributed by atoms with van der Waals surface area (Å²) in [7, 11) is 0. The highest BCUT2D eigenvalue weighted by Crippen LogP contribution is 2.28. The molecule has 1 aliphatic rings. The Bertz CT molecular complexity index is 709. The van der Waals surface area contributed by atoms with Crippen molar-refractivity contribution >= 4 is 33.3 Å². The molecule has 0 aliphatic carbocycles. The summed E-state index contributed by atoms with van der Waals surface area (Å²) in [5.74, 6) is 0.0312. The van der Waals surface area contributed by atoms with Crippen LogP contribution in [0, 0.1) is 0 Å². The van der Waals surface area contributed by atoms with Gasteiger partial charge in [0.15, 0.2) is 5.78 Å². The van der Waals surface area contributed by atoms with Gasteiger partial charge in [0.25, 0.3) is 0 Å². The fourth-order valence-corrected chi connectivity index (χ4v) is 3.00. The van der Waals surface area contributed by atoms with Crippen LogP contribution in [-0.2, 0) is 11.2 Å². The lowest BCUT2D eigenvalue weighted by Crippen LogP contribution is -2.29. The zero-order valence-electron chi connectivity index (χ0n) is 12.1. The van der Waals surface area contributed by atoms with E-state index in [2.05, 4.69) is 22.0 Å². The molecule has 2 aromatic rings. The molecule has 0 saturated heterocycles. The Labute approximate surface area is 138 Å². The van der Waals surface area contributed by atoms with E-state index in [-0.39, 0.29) is 24.5 Å². The van der Waals surface area contributed by atoms with E-state index in [1.807, 2.05) is 30.3 Å². The number of Topliss-reactive ketones (excluding diaryl/α,β-unsaturated/α-hetero) is 1. The van der Waals surface area contributed by atoms with Crippen molar-refractivity contribution in [2.75, 3.05) is 11.4 Å². The minimum Gasteiger partial charge on any atom is -0.312 e. The molecule has 0 aromatic heterocycles. The van der Waals surface area contributed by atoms with Crippen LogP contribution >= 0.6 is 15.9 Å². The fraction of sp³-hybridized carbons (Fsp3) is 0.222. The van der Waals surface area contributed by atoms with Gasteiger partial charge in [-0.1, -0.05) is 46.3 Å². The number of hydrogen-bond donors (Lipinski definition) is 0. The lowest BCUT2D eigenvalue weighted by atomic mass is 10.1. The molecule has 1 amide bonds. The van der Waals surface area contributed by atoms with Crippen molar-refractivity contribution in [1.82, 2.24) is 0 Å². The van der Waals surface area contributed by atoms with E-state index in [4.69, 9.17) is 0 Å². The average Bonchev–Trinajstić information content (AvgIpc) is 2.97. The molecule has 1 aliphatic heterocycles. The molecule has 0 fully saturated rings. The number of carbonyl (C=O) groups excluding carboxylic acids is 2. The van der Waals surface area contributed by atoms with Crippen molar-refractivity contribution < 1.29 is 9.59 Å². The number of para-hydroxylation sites is 1. The molecule has 0 spiro atoms. The molecule has 4 heteroatoms. The van der Waals surface area contributed by atoms with E-state index in [9.17, 15) is 9.59 Å². The number of rotatable bonds is 4. The van der Waals surface area contributed by atoms with Crippen LogP contribution in [0.4, 0.5) is 5.69 Å². The number of anilines is 1. The average molecular weight is 358 g/mol. The highest BCUT2D eigenvalue weighted by Gasteiger charge is 2.24. The molecule has 1 heterocycles. The van der Waals surface area contributed by atoms with Crippen molar-refractivity contribution in [1.29, 1.82) is 0 Å². The Kier molecular flexibility index (Phi) is 4.39. The monoisotopic (exact) mass is 357 g/mol. The summed E-state index contributed by atoms with van der Waals surface area (Å²) in [6.45, 7) is 0.713. The first-order valence-corrected chi connectivity index (χ1v) is 8.11. The maximum Gasteiger partial charge on any atom is 0.227 e. The Morgan fingerprint density at radius 3 is 2.50 bits per heavy atom. The highest BCUT2D eigenvalue weighted by atomic mass is 79.9. The molecule has 0 bridgehead atoms. The van der Waals surface area contributed by atoms with Gasteiger partial charge in [-0.25, -0.2) is 0 Å². The summed E-state index contributed by atoms with van der Waals surface area (Å²) in [4.78, 5) is 26.3. The van der Waals surface area contributed by atoms with E-state index >= 15 is 0 Å². The van der Waals surface area contributed by atoms with Crippen LogP contribution in [-0.4, -0.2) is 18.2 Å². The van der Waals surface area contributed by atoms with E-state index in [1.54, 1.807) is 17.0 Å². The number of hydrogen-bond acceptors (Lipinski definition) is 2. The summed E-state index contributed by atoms with van der Waals surface area (Å²) in [5, 5.41) is 0. The van der Waals surface area contributed by atoms with E-state index in [0.29, 0.717) is 12.1 Å². The smallest absolute Gasteiger partial charge is 0.227 e. The van der Waals surface area contributed by atoms with Crippen molar-refractivity contribution in [3.63, 3.8) is 0 Å². The van der Waals surface area contributed by atoms with Crippen LogP contribution in [0.5, 0.6) is 0 Å². The SMILES string of the molecule is O=C(CCC(=O)N1CCc2ccccc21)c1ccc(Br)cc1. The summed E-state index contributed by atoms with van der Waals surface area (Å²) in [5.41, 5.74) is 2.84. The van der Waals surface area contributed by atoms with Gasteiger partial charge < -0.3 is 4.90 Å². The summed E-state index contributed by atoms with van der Waals surface area (Å²) in [6, 6.07) is 15.2. The number of ketones is 1. The first-order valence-electron chi connectivity index (χ1n) is 7.32. The molecule has 0 saturated carbocycles. The first-order chi connectivity index (χ1) is 10.6. The number of halogens is 1. The third-order valence-electron chi connectivity index (χ3n) is 3.92. The van der Waals surface area contributed by atoms with Gasteiger partial charge in [-0.05, 0) is 30.2 Å². The number of benzene rings is 2. The Hall–Kier alpha value is -1.94. The van der Waals surface area contributed by atoms with Crippen molar-refractivity contribution in [2.24, 2.45) is 0 Å². The summed E-state index contributed by atoms with van der Waals surface area (Å²) < 4.78 is 0.939. The molecule has 2 aromatic carbocycles. The highest BCUT2D eigenvalue weighted by molar-refractivity contribution is 9.10. The Morgan fingerprint density at radius 2 is 1.73 bits per heavy atom. The molecule has 22 heavy (non-hydrogen) atoms. The fourth-order valence-electron chi connectivity index (χ4n) is 2.73. The molecule has 3 rings (SSSR count). The van der Waals surface area contributed by atoms with Crippen molar-refractivity contribution in [2.45, 2.75) is 19.3 Å². The van der Waals surface area contributed by atoms with Gasteiger partial charge in [-0.2, -0.15) is 0 Å². The number of amides is 1. The minimum atomic E-state index is 0.00771. The lowest BCUT2D eigenvalue weighted by Gasteiger charge is -2.17. The molecule has 0 atom stereocenters. The van der Waals surface area contributed by atoms with Crippen LogP contribution in [0.25, 0.3) is 0 Å². The molecule has 112 valence electrons. The molecule has 0 N–H and O–H groups in total. The second-order valence-corrected chi connectivity index (χ2v) is 6.27. The van der Waals surface area contributed by atoms with Crippen molar-refractivity contribution in [3.05, 3.63) is 64.1 Å². The largest absolute Gasteiger partial charge is 0.312 e. The number of carbonyl (C=O) groups is 2. The molecular weight excluding hydrogens is 342 g/mol. The zero-order chi connectivity index (χ0) is 15.5. The first kappa shape index (κ1) is 15.0. The summed E-state index contributed by atoms with van der Waals surface area (Å²) >= 11 is 3.34. The zero-order valence-corrected chi connectivity index (χ0v) is 13.7. The third kappa shape index (κ3) is 3.12. The number of nitrogens with zero attached hydrogens (tertiary/aromatic N) is 1. The van der Waals surface area contributed by atoms with Gasteiger partial charge in [0.2, 0.25) is 5.91 Å². The van der Waals surface area contributed by atoms with Crippen LogP contribution < -0.4 is 4.90 Å². The topological polar surface area (TPSA) is 37.4 Å². The van der Waals surface area contributed by atoms with Crippen LogP contribution in [0.2, 0.25) is 0 Å². The van der Waals surface area contributed by atoms with Gasteiger partial charge in [-0.3, -0.25) is 9.59 Å². The van der Waals surface area contributed by atoms with Gasteiger partial charge in [0.1, 0.15) is 0 Å². The maximum absolute atomic E-state index is 12.4. The van der Waals surface area contributed by atoms with Crippen LogP contribution in [0.15, 0.2) is 53.0 Å². The second kappa shape index (κ2) is 6.44. The lowest BCUT2D eigenvalue weighted by molar-refractivity contribution is -0.118. The molecule has 0 radical (unpaired) electrons. The second-order valence-electron chi connectivity index (χ2n) is 5.35. The predicted molar refractivity (Wildman–Crippen MR) is 90.2 cm³/mol. The van der Waals surface area contributed by atoms with Gasteiger partial charge in [-0.15, -0.1) is 0 Å². The minimum absolute atomic E-state index is 0.00771. The number of fused-ring (bicyclic) bond motifs is 1. The molecular formula is C18H16BrNO2. The van der Waals surface area contributed by atoms with Crippen molar-refractivity contribution in [3.8, 4) is 0 Å². The molecule has 3 nitrogen and oxygen atoms in total. The quantitative estimate of drug-likeness (QED) is 0.775. The third-order valence-corrected chi connectivity index (χ3v) is 4.45. The van der Waals surface area contributed by atoms with Crippen LogP contribution in [0.1, 0.15) is 28.8 Å². The Morgan fingerprint density at radius 1 is 1.00 bits per heavy atom. The summed E-state index contributed by atoms with van der Waals surface area (Å²) in [6.07, 6.45) is 1.39. The van der Waals surface area contributed by atoms with Gasteiger partial charge >= 0.3 is 0 Å². The standard InChI is InChI=1S/C18H16BrNO2/c19-15-7-5-14(6-8-15)17(21)9-10-18(22)20-12-11-13-3-1-2-4-16(13)20/h1-8H,9-12H2. The van der Waals surface area contributed by atoms with Gasteiger partial charge in [0.05, 0.1) is 0 Å². The van der Waals surface area contributed by atoms with Gasteiger partial charge in [0, 0.05) is 35.1 Å². The maximum atomic E-state index is 12.4.